The molecule has 2 heterocycles. The minimum absolute atomic E-state index is 0.137. The van der Waals surface area contributed by atoms with Crippen molar-refractivity contribution in [1.29, 1.82) is 0 Å². The van der Waals surface area contributed by atoms with Crippen molar-refractivity contribution in [3.63, 3.8) is 0 Å². The fourth-order valence-corrected chi connectivity index (χ4v) is 4.73. The summed E-state index contributed by atoms with van der Waals surface area (Å²) < 4.78 is 39.4. The number of ether oxygens (including phenoxy) is 2. The Labute approximate surface area is 228 Å². The van der Waals surface area contributed by atoms with E-state index >= 15 is 0 Å². The second-order valence-electron chi connectivity index (χ2n) is 9.51. The minimum Gasteiger partial charge on any atom is -0.491 e. The molecule has 1 aliphatic heterocycles. The number of nitrogens with two attached hydrogens (primary N) is 1. The van der Waals surface area contributed by atoms with Crippen LogP contribution in [0.2, 0.25) is 5.02 Å². The lowest BCUT2D eigenvalue weighted by atomic mass is 9.92. The van der Waals surface area contributed by atoms with Gasteiger partial charge in [0.1, 0.15) is 17.9 Å². The van der Waals surface area contributed by atoms with Crippen molar-refractivity contribution < 1.29 is 27.8 Å². The normalized spacial score (nSPS) is 16.2. The molecule has 3 unspecified atom stereocenters. The fraction of sp³-hybridized carbons (Fsp3) is 0.321. The zero-order valence-corrected chi connectivity index (χ0v) is 22.1. The molecule has 1 aromatic heterocycles. The Morgan fingerprint density at radius 1 is 1.18 bits per heavy atom. The molecular formula is C28H28ClF2N3O5. The van der Waals surface area contributed by atoms with E-state index in [0.29, 0.717) is 29.4 Å². The van der Waals surface area contributed by atoms with Crippen LogP contribution in [0.4, 0.5) is 14.5 Å². The molecule has 39 heavy (non-hydrogen) atoms. The number of nitrogens with zero attached hydrogens (tertiary/aromatic N) is 1. The Bertz CT molecular complexity index is 1430. The second-order valence-corrected chi connectivity index (χ2v) is 9.95. The Balaban J connectivity index is 1.78. The van der Waals surface area contributed by atoms with Gasteiger partial charge in [-0.1, -0.05) is 24.6 Å². The van der Waals surface area contributed by atoms with Crippen LogP contribution in [0.25, 0.3) is 11.1 Å². The number of nitrogens with one attached hydrogen (secondary N) is 1. The molecule has 0 bridgehead atoms. The number of rotatable bonds is 8. The van der Waals surface area contributed by atoms with Gasteiger partial charge in [0.2, 0.25) is 11.8 Å². The summed E-state index contributed by atoms with van der Waals surface area (Å²) in [5.74, 6) is -0.915. The Hall–Kier alpha value is -3.76. The van der Waals surface area contributed by atoms with E-state index in [2.05, 4.69) is 5.32 Å². The van der Waals surface area contributed by atoms with Crippen LogP contribution >= 0.6 is 11.6 Å². The summed E-state index contributed by atoms with van der Waals surface area (Å²) in [6.45, 7) is 2.36. The zero-order valence-electron chi connectivity index (χ0n) is 21.3. The predicted octanol–water partition coefficient (Wildman–Crippen LogP) is 4.69. The lowest BCUT2D eigenvalue weighted by Gasteiger charge is -2.26. The molecule has 11 heteroatoms. The number of benzene rings is 2. The van der Waals surface area contributed by atoms with Gasteiger partial charge in [-0.3, -0.25) is 19.0 Å². The molecule has 0 saturated heterocycles. The number of amides is 2. The summed E-state index contributed by atoms with van der Waals surface area (Å²) in [5, 5.41) is 3.11. The number of pyridine rings is 1. The number of aromatic nitrogens is 1. The summed E-state index contributed by atoms with van der Waals surface area (Å²) >= 11 is 6.26. The summed E-state index contributed by atoms with van der Waals surface area (Å²) in [6.07, 6.45) is -2.92. The molecule has 2 amide bonds. The maximum absolute atomic E-state index is 13.7. The fourth-order valence-electron chi connectivity index (χ4n) is 4.55. The van der Waals surface area contributed by atoms with E-state index in [0.717, 1.165) is 22.8 Å². The van der Waals surface area contributed by atoms with Crippen molar-refractivity contribution >= 4 is 29.1 Å². The van der Waals surface area contributed by atoms with Gasteiger partial charge >= 0.3 is 0 Å². The van der Waals surface area contributed by atoms with Gasteiger partial charge in [0, 0.05) is 41.4 Å². The third-order valence-electron chi connectivity index (χ3n) is 6.61. The Kier molecular flexibility index (Phi) is 8.66. The summed E-state index contributed by atoms with van der Waals surface area (Å²) in [7, 11) is 1.11. The van der Waals surface area contributed by atoms with E-state index in [9.17, 15) is 23.2 Å². The largest absolute Gasteiger partial charge is 0.491 e. The van der Waals surface area contributed by atoms with Gasteiger partial charge in [0.25, 0.3) is 12.0 Å². The highest BCUT2D eigenvalue weighted by atomic mass is 35.5. The first-order chi connectivity index (χ1) is 18.6. The van der Waals surface area contributed by atoms with Crippen LogP contribution in [-0.4, -0.2) is 42.6 Å². The Morgan fingerprint density at radius 2 is 1.90 bits per heavy atom. The van der Waals surface area contributed by atoms with Crippen LogP contribution in [0.5, 0.6) is 5.75 Å². The van der Waals surface area contributed by atoms with E-state index in [1.54, 1.807) is 12.1 Å². The molecule has 0 radical (unpaired) electrons. The van der Waals surface area contributed by atoms with Gasteiger partial charge in [0.15, 0.2) is 0 Å². The highest BCUT2D eigenvalue weighted by Gasteiger charge is 2.32. The number of fused-ring (bicyclic) bond motifs is 3. The van der Waals surface area contributed by atoms with Gasteiger partial charge in [-0.15, -0.1) is 0 Å². The molecule has 0 aliphatic carbocycles. The second kappa shape index (κ2) is 12.0. The van der Waals surface area contributed by atoms with Gasteiger partial charge in [-0.2, -0.15) is 0 Å². The summed E-state index contributed by atoms with van der Waals surface area (Å²) in [5.41, 5.74) is 7.39. The predicted molar refractivity (Wildman–Crippen MR) is 144 cm³/mol. The monoisotopic (exact) mass is 559 g/mol. The van der Waals surface area contributed by atoms with Crippen LogP contribution in [-0.2, 0) is 16.0 Å². The smallest absolute Gasteiger partial charge is 0.264 e. The van der Waals surface area contributed by atoms with Crippen molar-refractivity contribution in [2.24, 2.45) is 11.7 Å². The van der Waals surface area contributed by atoms with Crippen molar-refractivity contribution in [3.05, 3.63) is 81.2 Å². The lowest BCUT2D eigenvalue weighted by Crippen LogP contribution is -2.37. The number of hydrogen-bond acceptors (Lipinski definition) is 5. The highest BCUT2D eigenvalue weighted by molar-refractivity contribution is 6.30. The molecule has 0 saturated carbocycles. The van der Waals surface area contributed by atoms with E-state index in [-0.39, 0.29) is 17.2 Å². The molecule has 3 aromatic rings. The van der Waals surface area contributed by atoms with Crippen molar-refractivity contribution in [1.82, 2.24) is 4.57 Å². The molecule has 0 fully saturated rings. The summed E-state index contributed by atoms with van der Waals surface area (Å²) in [6, 6.07) is 11.1. The van der Waals surface area contributed by atoms with Crippen LogP contribution in [0.1, 0.15) is 35.3 Å². The minimum atomic E-state index is -2.90. The molecule has 8 nitrogen and oxygen atoms in total. The van der Waals surface area contributed by atoms with Gasteiger partial charge in [-0.05, 0) is 59.9 Å². The molecular weight excluding hydrogens is 532 g/mol. The standard InChI is InChI=1S/C28H28ClF2N3O5/c1-15-9-17-3-6-18(29)10-20(17)21-11-25(35)34(13-24(21)39-14-15)22(12-23(38-2)26(30)31)28(37)33-19-7-4-16(5-8-19)27(32)36/h3-8,10-11,13,15,22-23,26H,9,12,14H2,1-2H3,(H2,32,36)(H,33,37). The molecule has 2 aromatic carbocycles. The van der Waals surface area contributed by atoms with Crippen LogP contribution in [0, 0.1) is 5.92 Å². The van der Waals surface area contributed by atoms with E-state index in [1.807, 2.05) is 13.0 Å². The third-order valence-corrected chi connectivity index (χ3v) is 6.85. The number of carbonyl (C=O) groups excluding carboxylic acids is 2. The van der Waals surface area contributed by atoms with Gasteiger partial charge < -0.3 is 20.5 Å². The maximum atomic E-state index is 13.7. The Morgan fingerprint density at radius 3 is 2.54 bits per heavy atom. The average molecular weight is 560 g/mol. The molecule has 206 valence electrons. The van der Waals surface area contributed by atoms with Crippen LogP contribution in [0.15, 0.2) is 59.5 Å². The lowest BCUT2D eigenvalue weighted by molar-refractivity contribution is -0.121. The maximum Gasteiger partial charge on any atom is 0.264 e. The van der Waals surface area contributed by atoms with E-state index in [1.165, 1.54) is 36.5 Å². The third kappa shape index (κ3) is 6.46. The molecule has 1 aliphatic rings. The first-order valence-electron chi connectivity index (χ1n) is 12.3. The van der Waals surface area contributed by atoms with Crippen molar-refractivity contribution in [2.45, 2.75) is 38.3 Å². The number of primary amides is 1. The molecule has 4 rings (SSSR count). The number of hydrogen-bond donors (Lipinski definition) is 2. The number of anilines is 1. The van der Waals surface area contributed by atoms with Crippen LogP contribution in [0.3, 0.4) is 0 Å². The van der Waals surface area contributed by atoms with Crippen molar-refractivity contribution in [3.8, 4) is 16.9 Å². The van der Waals surface area contributed by atoms with E-state index < -0.39 is 42.4 Å². The first-order valence-corrected chi connectivity index (χ1v) is 12.6. The molecule has 3 N–H and O–H groups in total. The quantitative estimate of drug-likeness (QED) is 0.416. The SMILES string of the molecule is COC(CC(C(=O)Nc1ccc(C(N)=O)cc1)n1cc2c(cc1=O)-c1cc(Cl)ccc1CC(C)CO2)C(F)F. The first kappa shape index (κ1) is 28.3. The highest BCUT2D eigenvalue weighted by Crippen LogP contribution is 2.37. The van der Waals surface area contributed by atoms with E-state index in [4.69, 9.17) is 26.8 Å². The molecule has 0 spiro atoms. The van der Waals surface area contributed by atoms with Gasteiger partial charge in [-0.25, -0.2) is 8.78 Å². The number of halogens is 3. The van der Waals surface area contributed by atoms with Crippen LogP contribution < -0.4 is 21.3 Å². The zero-order chi connectivity index (χ0) is 28.3. The average Bonchev–Trinajstić information content (AvgIpc) is 2.89. The molecule has 3 atom stereocenters. The number of alkyl halides is 2. The topological polar surface area (TPSA) is 113 Å². The summed E-state index contributed by atoms with van der Waals surface area (Å²) in [4.78, 5) is 38.2. The van der Waals surface area contributed by atoms with Crippen molar-refractivity contribution in [2.75, 3.05) is 19.0 Å². The number of carbonyl (C=O) groups is 2. The number of methoxy groups -OCH3 is 1. The van der Waals surface area contributed by atoms with Gasteiger partial charge in [0.05, 0.1) is 12.8 Å².